The van der Waals surface area contributed by atoms with Crippen molar-refractivity contribution in [3.05, 3.63) is 83.0 Å². The van der Waals surface area contributed by atoms with Crippen molar-refractivity contribution in [3.8, 4) is 0 Å². The Bertz CT molecular complexity index is 1680. The van der Waals surface area contributed by atoms with E-state index >= 15 is 0 Å². The van der Waals surface area contributed by atoms with Crippen molar-refractivity contribution in [2.45, 2.75) is 63.6 Å². The summed E-state index contributed by atoms with van der Waals surface area (Å²) in [6.07, 6.45) is 7.96. The Morgan fingerprint density at radius 1 is 0.900 bits per heavy atom. The maximum Gasteiger partial charge on any atom is 0.253 e. The molecule has 2 saturated heterocycles. The third-order valence-corrected chi connectivity index (χ3v) is 11.1. The monoisotopic (exact) mass is 678 g/mol. The van der Waals surface area contributed by atoms with Gasteiger partial charge in [-0.1, -0.05) is 12.1 Å². The normalized spacial score (nSPS) is 22.8. The summed E-state index contributed by atoms with van der Waals surface area (Å²) >= 11 is 0. The van der Waals surface area contributed by atoms with Gasteiger partial charge in [-0.05, 0) is 112 Å². The minimum atomic E-state index is -0.505. The lowest BCUT2D eigenvalue weighted by molar-refractivity contribution is 0.0929. The van der Waals surface area contributed by atoms with Gasteiger partial charge in [0.15, 0.2) is 0 Å². The number of hydrogen-bond acceptors (Lipinski definition) is 8. The number of fused-ring (bicyclic) bond motifs is 1. The molecule has 11 heteroatoms. The smallest absolute Gasteiger partial charge is 0.253 e. The van der Waals surface area contributed by atoms with Crippen LogP contribution in [0.1, 0.15) is 88.1 Å². The van der Waals surface area contributed by atoms with Crippen LogP contribution in [0.25, 0.3) is 0 Å². The Kier molecular flexibility index (Phi) is 9.94. The molecule has 2 aliphatic carbocycles. The molecule has 3 heterocycles. The second-order valence-corrected chi connectivity index (χ2v) is 14.7. The first-order chi connectivity index (χ1) is 24.2. The number of hydrogen-bond donors (Lipinski definition) is 4. The molecular formula is C39H50N8O3. The molecule has 0 radical (unpaired) electrons. The lowest BCUT2D eigenvalue weighted by Crippen LogP contribution is -2.44. The molecule has 4 atom stereocenters. The number of nitrogens with zero attached hydrogens (tertiary/aromatic N) is 4. The number of nitrogens with two attached hydrogens (primary N) is 1. The zero-order valence-electron chi connectivity index (χ0n) is 29.2. The molecule has 3 amide bonds. The Balaban J connectivity index is 0.940. The van der Waals surface area contributed by atoms with Gasteiger partial charge in [0.2, 0.25) is 0 Å². The molecular weight excluding hydrogens is 628 g/mol. The summed E-state index contributed by atoms with van der Waals surface area (Å²) in [6.45, 7) is 7.86. The molecule has 3 aromatic rings. The topological polar surface area (TPSA) is 136 Å². The second kappa shape index (κ2) is 14.7. The van der Waals surface area contributed by atoms with E-state index in [9.17, 15) is 14.4 Å². The summed E-state index contributed by atoms with van der Waals surface area (Å²) in [5.41, 5.74) is 9.97. The van der Waals surface area contributed by atoms with Crippen LogP contribution in [0.2, 0.25) is 0 Å². The van der Waals surface area contributed by atoms with Crippen LogP contribution in [0.4, 0.5) is 17.2 Å². The Labute approximate surface area is 295 Å². The second-order valence-electron chi connectivity index (χ2n) is 14.7. The van der Waals surface area contributed by atoms with Gasteiger partial charge in [0.05, 0.1) is 17.2 Å². The van der Waals surface area contributed by atoms with Gasteiger partial charge in [0.25, 0.3) is 17.7 Å². The molecule has 1 aromatic heterocycles. The molecule has 2 aromatic carbocycles. The number of anilines is 3. The number of piperazine rings is 1. The number of nitrogens with one attached hydrogen (secondary N) is 3. The number of amides is 3. The van der Waals surface area contributed by atoms with Gasteiger partial charge in [-0.15, -0.1) is 0 Å². The predicted molar refractivity (Wildman–Crippen MR) is 197 cm³/mol. The molecule has 50 heavy (non-hydrogen) atoms. The van der Waals surface area contributed by atoms with Crippen LogP contribution in [-0.2, 0) is 0 Å². The van der Waals surface area contributed by atoms with Gasteiger partial charge in [-0.3, -0.25) is 14.4 Å². The molecule has 2 aliphatic heterocycles. The largest absolute Gasteiger partial charge is 0.384 e. The molecule has 2 saturated carbocycles. The molecule has 0 bridgehead atoms. The van der Waals surface area contributed by atoms with Crippen molar-refractivity contribution < 1.29 is 14.4 Å². The molecule has 11 nitrogen and oxygen atoms in total. The summed E-state index contributed by atoms with van der Waals surface area (Å²) in [5.74, 6) is 1.15. The van der Waals surface area contributed by atoms with E-state index in [2.05, 4.69) is 62.0 Å². The first kappa shape index (κ1) is 33.8. The van der Waals surface area contributed by atoms with Crippen LogP contribution in [0.3, 0.4) is 0 Å². The summed E-state index contributed by atoms with van der Waals surface area (Å²) < 4.78 is 0. The molecule has 4 aliphatic rings. The summed E-state index contributed by atoms with van der Waals surface area (Å²) in [7, 11) is 2.16. The first-order valence-corrected chi connectivity index (χ1v) is 18.3. The highest BCUT2D eigenvalue weighted by atomic mass is 16.2. The van der Waals surface area contributed by atoms with E-state index in [-0.39, 0.29) is 29.9 Å². The minimum Gasteiger partial charge on any atom is -0.384 e. The summed E-state index contributed by atoms with van der Waals surface area (Å²) in [6, 6.07) is 17.6. The first-order valence-electron chi connectivity index (χ1n) is 18.3. The van der Waals surface area contributed by atoms with Crippen molar-refractivity contribution in [1.29, 1.82) is 0 Å². The van der Waals surface area contributed by atoms with Crippen LogP contribution in [0.15, 0.2) is 60.8 Å². The maximum absolute atomic E-state index is 13.4. The Morgan fingerprint density at radius 2 is 1.66 bits per heavy atom. The number of aromatic nitrogens is 1. The minimum absolute atomic E-state index is 0.0407. The zero-order chi connectivity index (χ0) is 34.8. The number of carbonyl (C=O) groups is 3. The lowest BCUT2D eigenvalue weighted by Gasteiger charge is -2.38. The van der Waals surface area contributed by atoms with Crippen LogP contribution < -0.4 is 31.5 Å². The standard InChI is InChI=1S/C39H50N8O3/c1-25(27-7-11-32(12-8-27)46-18-16-45(2)17-19-46)43-39(50)30-10-14-36(42-24-30)47-15-3-4-28-20-31(22-35(28)47)44-38(49)29-9-13-33(37(40)48)34(21-29)41-23-26-5-6-26/h7-14,21,24-26,28,31,35,41H,3-6,15-20,22-23H2,1-2H3,(H2,40,48)(H,43,50)(H,44,49)/t25-,28?,31?,35?/m0/s1. The highest BCUT2D eigenvalue weighted by Crippen LogP contribution is 2.39. The van der Waals surface area contributed by atoms with E-state index in [1.54, 1.807) is 24.4 Å². The quantitative estimate of drug-likeness (QED) is 0.234. The van der Waals surface area contributed by atoms with Gasteiger partial charge < -0.3 is 36.4 Å². The van der Waals surface area contributed by atoms with Crippen LogP contribution in [0.5, 0.6) is 0 Å². The fourth-order valence-corrected chi connectivity index (χ4v) is 7.87. The summed E-state index contributed by atoms with van der Waals surface area (Å²) in [4.78, 5) is 50.4. The highest BCUT2D eigenvalue weighted by Gasteiger charge is 2.41. The predicted octanol–water partition coefficient (Wildman–Crippen LogP) is 4.42. The van der Waals surface area contributed by atoms with Crippen molar-refractivity contribution >= 4 is 34.9 Å². The SMILES string of the molecule is C[C@H](NC(=O)c1ccc(N2CCCC3CC(NC(=O)c4ccc(C(N)=O)c(NCC5CC5)c4)CC32)nc1)c1ccc(N2CCN(C)CC2)cc1. The number of pyridine rings is 1. The van der Waals surface area contributed by atoms with Gasteiger partial charge in [-0.2, -0.15) is 0 Å². The van der Waals surface area contributed by atoms with Crippen molar-refractivity contribution in [1.82, 2.24) is 20.5 Å². The van der Waals surface area contributed by atoms with Crippen LogP contribution in [0, 0.1) is 11.8 Å². The number of primary amides is 1. The number of piperidine rings is 1. The van der Waals surface area contributed by atoms with Gasteiger partial charge >= 0.3 is 0 Å². The average molecular weight is 679 g/mol. The highest BCUT2D eigenvalue weighted by molar-refractivity contribution is 6.02. The molecule has 7 rings (SSSR count). The molecule has 0 spiro atoms. The van der Waals surface area contributed by atoms with Crippen molar-refractivity contribution in [2.75, 3.05) is 61.4 Å². The average Bonchev–Trinajstić information content (AvgIpc) is 3.87. The maximum atomic E-state index is 13.4. The van der Waals surface area contributed by atoms with Crippen molar-refractivity contribution in [3.63, 3.8) is 0 Å². The number of likely N-dealkylation sites (N-methyl/N-ethyl adjacent to an activating group) is 1. The van der Waals surface area contributed by atoms with E-state index in [1.165, 1.54) is 18.5 Å². The fourth-order valence-electron chi connectivity index (χ4n) is 7.87. The van der Waals surface area contributed by atoms with Gasteiger partial charge in [0.1, 0.15) is 5.82 Å². The van der Waals surface area contributed by atoms with Crippen molar-refractivity contribution in [2.24, 2.45) is 17.6 Å². The van der Waals surface area contributed by atoms with Crippen LogP contribution >= 0.6 is 0 Å². The van der Waals surface area contributed by atoms with E-state index in [1.807, 2.05) is 19.1 Å². The van der Waals surface area contributed by atoms with Gasteiger partial charge in [0, 0.05) is 74.5 Å². The molecule has 264 valence electrons. The van der Waals surface area contributed by atoms with E-state index in [0.29, 0.717) is 34.2 Å². The molecule has 4 fully saturated rings. The summed E-state index contributed by atoms with van der Waals surface area (Å²) in [5, 5.41) is 9.73. The number of rotatable bonds is 11. The van der Waals surface area contributed by atoms with E-state index in [0.717, 1.165) is 76.3 Å². The molecule has 5 N–H and O–H groups in total. The van der Waals surface area contributed by atoms with Gasteiger partial charge in [-0.25, -0.2) is 4.98 Å². The Hall–Kier alpha value is -4.64. The van der Waals surface area contributed by atoms with E-state index in [4.69, 9.17) is 10.7 Å². The fraction of sp³-hybridized carbons (Fsp3) is 0.487. The molecule has 3 unspecified atom stereocenters. The Morgan fingerprint density at radius 3 is 2.36 bits per heavy atom. The number of benzene rings is 2. The zero-order valence-corrected chi connectivity index (χ0v) is 29.2. The third kappa shape index (κ3) is 7.72. The van der Waals surface area contributed by atoms with Crippen LogP contribution in [-0.4, -0.2) is 86.0 Å². The third-order valence-electron chi connectivity index (χ3n) is 11.1. The van der Waals surface area contributed by atoms with E-state index < -0.39 is 5.91 Å². The lowest BCUT2D eigenvalue weighted by atomic mass is 9.92. The number of carbonyl (C=O) groups excluding carboxylic acids is 3.